The van der Waals surface area contributed by atoms with E-state index in [0.717, 1.165) is 48.9 Å². The Kier molecular flexibility index (Phi) is 5.95. The lowest BCUT2D eigenvalue weighted by Gasteiger charge is -2.32. The number of hydrogen-bond acceptors (Lipinski definition) is 3. The Labute approximate surface area is 153 Å². The van der Waals surface area contributed by atoms with Gasteiger partial charge < -0.3 is 10.1 Å². The Hall–Kier alpha value is -2.04. The zero-order valence-electron chi connectivity index (χ0n) is 14.4. The lowest BCUT2D eigenvalue weighted by molar-refractivity contribution is -0.121. The topological polar surface area (TPSA) is 41.6 Å². The zero-order valence-corrected chi connectivity index (χ0v) is 15.1. The number of nitrogens with zero attached hydrogens (tertiary/aromatic N) is 1. The third-order valence-corrected chi connectivity index (χ3v) is 4.81. The number of hydrogen-bond donors (Lipinski definition) is 1. The Morgan fingerprint density at radius 2 is 1.92 bits per heavy atom. The molecule has 1 fully saturated rings. The number of carbonyl (C=O) groups excluding carboxylic acids is 1. The maximum absolute atomic E-state index is 12.6. The molecule has 0 spiro atoms. The molecule has 3 rings (SSSR count). The summed E-state index contributed by atoms with van der Waals surface area (Å²) in [6.07, 6.45) is 1.97. The molecule has 1 atom stereocenters. The number of halogens is 1. The lowest BCUT2D eigenvalue weighted by atomic mass is 9.96. The molecule has 1 aliphatic rings. The van der Waals surface area contributed by atoms with Crippen LogP contribution in [0.1, 0.15) is 18.4 Å². The van der Waals surface area contributed by atoms with Crippen molar-refractivity contribution in [1.82, 2.24) is 4.90 Å². The highest BCUT2D eigenvalue weighted by molar-refractivity contribution is 6.30. The van der Waals surface area contributed by atoms with Crippen molar-refractivity contribution in [2.45, 2.75) is 19.4 Å². The second-order valence-corrected chi connectivity index (χ2v) is 6.85. The number of ether oxygens (including phenoxy) is 1. The van der Waals surface area contributed by atoms with Crippen molar-refractivity contribution in [2.75, 3.05) is 25.5 Å². The minimum Gasteiger partial charge on any atom is -0.497 e. The van der Waals surface area contributed by atoms with Crippen LogP contribution in [0.25, 0.3) is 0 Å². The number of piperidine rings is 1. The van der Waals surface area contributed by atoms with E-state index in [2.05, 4.69) is 10.2 Å². The van der Waals surface area contributed by atoms with Gasteiger partial charge >= 0.3 is 0 Å². The van der Waals surface area contributed by atoms with Gasteiger partial charge in [-0.1, -0.05) is 23.7 Å². The summed E-state index contributed by atoms with van der Waals surface area (Å²) in [4.78, 5) is 14.9. The van der Waals surface area contributed by atoms with Crippen LogP contribution in [0, 0.1) is 5.92 Å². The summed E-state index contributed by atoms with van der Waals surface area (Å²) in [6, 6.07) is 15.3. The molecule has 0 radical (unpaired) electrons. The Bertz CT molecular complexity index is 701. The molecule has 5 heteroatoms. The summed E-state index contributed by atoms with van der Waals surface area (Å²) in [5.74, 6) is 0.888. The van der Waals surface area contributed by atoms with Crippen molar-refractivity contribution >= 4 is 23.2 Å². The largest absolute Gasteiger partial charge is 0.497 e. The van der Waals surface area contributed by atoms with E-state index >= 15 is 0 Å². The molecule has 1 saturated heterocycles. The van der Waals surface area contributed by atoms with Crippen LogP contribution in [-0.4, -0.2) is 31.0 Å². The fourth-order valence-corrected chi connectivity index (χ4v) is 3.31. The Morgan fingerprint density at radius 1 is 1.20 bits per heavy atom. The van der Waals surface area contributed by atoms with E-state index < -0.39 is 0 Å². The number of rotatable bonds is 5. The van der Waals surface area contributed by atoms with Crippen LogP contribution in [0.2, 0.25) is 5.02 Å². The van der Waals surface area contributed by atoms with Crippen molar-refractivity contribution in [1.29, 1.82) is 0 Å². The normalized spacial score (nSPS) is 17.9. The molecule has 0 saturated carbocycles. The monoisotopic (exact) mass is 358 g/mol. The molecule has 25 heavy (non-hydrogen) atoms. The van der Waals surface area contributed by atoms with Gasteiger partial charge in [-0.15, -0.1) is 0 Å². The van der Waals surface area contributed by atoms with Gasteiger partial charge in [-0.25, -0.2) is 0 Å². The average molecular weight is 359 g/mol. The molecular weight excluding hydrogens is 336 g/mol. The number of benzene rings is 2. The van der Waals surface area contributed by atoms with E-state index in [9.17, 15) is 4.79 Å². The van der Waals surface area contributed by atoms with Crippen molar-refractivity contribution in [2.24, 2.45) is 5.92 Å². The van der Waals surface area contributed by atoms with E-state index in [1.807, 2.05) is 48.5 Å². The van der Waals surface area contributed by atoms with Crippen LogP contribution in [0.15, 0.2) is 48.5 Å². The van der Waals surface area contributed by atoms with Crippen molar-refractivity contribution in [3.8, 4) is 5.75 Å². The number of nitrogens with one attached hydrogen (secondary N) is 1. The predicted octanol–water partition coefficient (Wildman–Crippen LogP) is 4.20. The third kappa shape index (κ3) is 4.97. The highest BCUT2D eigenvalue weighted by Gasteiger charge is 2.25. The standard InChI is InChI=1S/C20H23ClN2O2/c1-25-19-10-8-18(9-11-19)22-20(24)16-3-2-12-23(14-16)13-15-4-6-17(21)7-5-15/h4-11,16H,2-3,12-14H2,1H3,(H,22,24)/t16-/m0/s1. The maximum atomic E-state index is 12.6. The number of amides is 1. The molecular formula is C20H23ClN2O2. The van der Waals surface area contributed by atoms with Crippen LogP contribution < -0.4 is 10.1 Å². The first-order valence-electron chi connectivity index (χ1n) is 8.56. The Morgan fingerprint density at radius 3 is 2.60 bits per heavy atom. The summed E-state index contributed by atoms with van der Waals surface area (Å²) in [5.41, 5.74) is 2.03. The molecule has 1 N–H and O–H groups in total. The van der Waals surface area contributed by atoms with E-state index in [4.69, 9.17) is 16.3 Å². The molecule has 1 amide bonds. The number of anilines is 1. The van der Waals surface area contributed by atoms with Gasteiger partial charge in [-0.05, 0) is 61.3 Å². The molecule has 0 aliphatic carbocycles. The van der Waals surface area contributed by atoms with Crippen LogP contribution in [0.3, 0.4) is 0 Å². The molecule has 0 unspecified atom stereocenters. The maximum Gasteiger partial charge on any atom is 0.228 e. The van der Waals surface area contributed by atoms with Crippen LogP contribution in [-0.2, 0) is 11.3 Å². The smallest absolute Gasteiger partial charge is 0.228 e. The van der Waals surface area contributed by atoms with Gasteiger partial charge in [0.2, 0.25) is 5.91 Å². The zero-order chi connectivity index (χ0) is 17.6. The molecule has 2 aromatic carbocycles. The summed E-state index contributed by atoms with van der Waals surface area (Å²) < 4.78 is 5.14. The number of likely N-dealkylation sites (tertiary alicyclic amines) is 1. The predicted molar refractivity (Wildman–Crippen MR) is 101 cm³/mol. The van der Waals surface area contributed by atoms with E-state index in [1.165, 1.54) is 5.56 Å². The fraction of sp³-hybridized carbons (Fsp3) is 0.350. The van der Waals surface area contributed by atoms with Crippen molar-refractivity contribution in [3.05, 3.63) is 59.1 Å². The van der Waals surface area contributed by atoms with Gasteiger partial charge in [0, 0.05) is 23.8 Å². The van der Waals surface area contributed by atoms with E-state index in [0.29, 0.717) is 0 Å². The number of methoxy groups -OCH3 is 1. The average Bonchev–Trinajstić information content (AvgIpc) is 2.64. The first-order valence-corrected chi connectivity index (χ1v) is 8.93. The minimum atomic E-state index is 0.0168. The summed E-state index contributed by atoms with van der Waals surface area (Å²) in [6.45, 7) is 2.66. The highest BCUT2D eigenvalue weighted by Crippen LogP contribution is 2.22. The first kappa shape index (κ1) is 17.8. The summed E-state index contributed by atoms with van der Waals surface area (Å²) in [5, 5.41) is 3.77. The van der Waals surface area contributed by atoms with Crippen LogP contribution in [0.5, 0.6) is 5.75 Å². The molecule has 2 aromatic rings. The summed E-state index contributed by atoms with van der Waals surface area (Å²) >= 11 is 5.94. The van der Waals surface area contributed by atoms with Crippen LogP contribution >= 0.6 is 11.6 Å². The summed E-state index contributed by atoms with van der Waals surface area (Å²) in [7, 11) is 1.63. The molecule has 132 valence electrons. The number of carbonyl (C=O) groups is 1. The molecule has 1 heterocycles. The first-order chi connectivity index (χ1) is 12.1. The second kappa shape index (κ2) is 8.37. The lowest BCUT2D eigenvalue weighted by Crippen LogP contribution is -2.40. The highest BCUT2D eigenvalue weighted by atomic mass is 35.5. The molecule has 1 aliphatic heterocycles. The van der Waals surface area contributed by atoms with E-state index in [-0.39, 0.29) is 11.8 Å². The quantitative estimate of drug-likeness (QED) is 0.870. The molecule has 4 nitrogen and oxygen atoms in total. The van der Waals surface area contributed by atoms with E-state index in [1.54, 1.807) is 7.11 Å². The minimum absolute atomic E-state index is 0.0168. The molecule has 0 bridgehead atoms. The van der Waals surface area contributed by atoms with Crippen LogP contribution in [0.4, 0.5) is 5.69 Å². The van der Waals surface area contributed by atoms with Gasteiger partial charge in [0.05, 0.1) is 13.0 Å². The van der Waals surface area contributed by atoms with Crippen molar-refractivity contribution in [3.63, 3.8) is 0 Å². The van der Waals surface area contributed by atoms with Crippen molar-refractivity contribution < 1.29 is 9.53 Å². The van der Waals surface area contributed by atoms with Gasteiger partial charge in [0.15, 0.2) is 0 Å². The fourth-order valence-electron chi connectivity index (χ4n) is 3.18. The second-order valence-electron chi connectivity index (χ2n) is 6.42. The SMILES string of the molecule is COc1ccc(NC(=O)[C@H]2CCCN(Cc3ccc(Cl)cc3)C2)cc1. The Balaban J connectivity index is 1.56. The van der Waals surface area contributed by atoms with Gasteiger partial charge in [0.1, 0.15) is 5.75 Å². The third-order valence-electron chi connectivity index (χ3n) is 4.55. The van der Waals surface area contributed by atoms with Gasteiger partial charge in [0.25, 0.3) is 0 Å². The van der Waals surface area contributed by atoms with Gasteiger partial charge in [-0.2, -0.15) is 0 Å². The molecule has 0 aromatic heterocycles. The van der Waals surface area contributed by atoms with Gasteiger partial charge in [-0.3, -0.25) is 9.69 Å².